The number of nitrogens with one attached hydrogen (secondary N) is 2. The Kier molecular flexibility index (Phi) is 8.26. The maximum atomic E-state index is 12.0. The van der Waals surface area contributed by atoms with Gasteiger partial charge in [0.25, 0.3) is 0 Å². The van der Waals surface area contributed by atoms with E-state index in [0.29, 0.717) is 18.0 Å². The Balaban J connectivity index is 1.28. The summed E-state index contributed by atoms with van der Waals surface area (Å²) in [5.41, 5.74) is 3.95. The van der Waals surface area contributed by atoms with Crippen molar-refractivity contribution in [1.29, 1.82) is 0 Å². The predicted octanol–water partition coefficient (Wildman–Crippen LogP) is 3.00. The second kappa shape index (κ2) is 11.8. The summed E-state index contributed by atoms with van der Waals surface area (Å²) in [6.45, 7) is 4.72. The number of rotatable bonds is 10. The van der Waals surface area contributed by atoms with Gasteiger partial charge in [-0.3, -0.25) is 9.59 Å². The summed E-state index contributed by atoms with van der Waals surface area (Å²) in [5.74, 6) is -1.98. The second-order valence-electron chi connectivity index (χ2n) is 10.7. The smallest absolute Gasteiger partial charge is 0.307 e. The fourth-order valence-corrected chi connectivity index (χ4v) is 6.57. The Morgan fingerprint density at radius 3 is 1.63 bits per heavy atom. The van der Waals surface area contributed by atoms with Crippen molar-refractivity contribution in [2.45, 2.75) is 25.7 Å². The molecular formula is C29H36N4O4S. The van der Waals surface area contributed by atoms with Crippen molar-refractivity contribution in [2.75, 3.05) is 49.1 Å². The lowest BCUT2D eigenvalue weighted by Crippen LogP contribution is -2.32. The lowest BCUT2D eigenvalue weighted by atomic mass is 9.86. The zero-order chi connectivity index (χ0) is 26.6. The van der Waals surface area contributed by atoms with Gasteiger partial charge in [-0.05, 0) is 111 Å². The third-order valence-corrected chi connectivity index (χ3v) is 8.77. The fraction of sp³-hybridized carbons (Fsp3) is 0.483. The molecule has 3 aliphatic rings. The van der Waals surface area contributed by atoms with E-state index < -0.39 is 23.8 Å². The third kappa shape index (κ3) is 5.85. The lowest BCUT2D eigenvalue weighted by molar-refractivity contribution is -0.144. The molecule has 2 aromatic carbocycles. The average molecular weight is 537 g/mol. The van der Waals surface area contributed by atoms with Crippen LogP contribution in [0.4, 0.5) is 11.4 Å². The molecule has 0 bridgehead atoms. The number of aliphatic carboxylic acids is 2. The van der Waals surface area contributed by atoms with Gasteiger partial charge in [0.05, 0.1) is 11.8 Å². The molecule has 3 heterocycles. The lowest BCUT2D eigenvalue weighted by Gasteiger charge is -2.24. The van der Waals surface area contributed by atoms with E-state index in [-0.39, 0.29) is 11.8 Å². The number of carboxylic acid groups (broad SMARTS) is 2. The summed E-state index contributed by atoms with van der Waals surface area (Å²) in [6.07, 6.45) is 2.80. The van der Waals surface area contributed by atoms with Crippen LogP contribution in [0.3, 0.4) is 0 Å². The van der Waals surface area contributed by atoms with Gasteiger partial charge in [-0.15, -0.1) is 0 Å². The Labute approximate surface area is 229 Å². The normalized spacial score (nSPS) is 23.1. The summed E-state index contributed by atoms with van der Waals surface area (Å²) in [5, 5.41) is 27.0. The van der Waals surface area contributed by atoms with Crippen LogP contribution in [-0.4, -0.2) is 66.5 Å². The van der Waals surface area contributed by atoms with Crippen molar-refractivity contribution in [3.05, 3.63) is 59.7 Å². The first-order valence-electron chi connectivity index (χ1n) is 13.5. The molecule has 3 saturated heterocycles. The number of hydrogen-bond donors (Lipinski definition) is 4. The van der Waals surface area contributed by atoms with E-state index in [9.17, 15) is 19.8 Å². The van der Waals surface area contributed by atoms with Crippen molar-refractivity contribution < 1.29 is 19.8 Å². The summed E-state index contributed by atoms with van der Waals surface area (Å²) in [4.78, 5) is 28.2. The SMILES string of the molecule is O=C(O)[C@@H](Cc1cccc(N2CCN(c3cccc(C[C@H](C(=O)O)[C@H]4CCNC4)c3)C2=S)c1)[C@H]1CCNC1. The standard InChI is InChI=1S/C29H36N4O4S/c34-27(35)25(21-7-9-30-17-21)15-19-3-1-5-23(13-19)32-11-12-33(29(32)38)24-6-2-4-20(14-24)16-26(28(36)37)22-8-10-31-18-22/h1-6,13-14,21-22,25-26,30-31H,7-12,15-18H2,(H,34,35)(H,36,37)/t21-,22-,25-,26-/m0/s1. The summed E-state index contributed by atoms with van der Waals surface area (Å²) in [6, 6.07) is 16.1. The molecule has 4 atom stereocenters. The van der Waals surface area contributed by atoms with Gasteiger partial charge < -0.3 is 30.6 Å². The highest BCUT2D eigenvalue weighted by Crippen LogP contribution is 2.30. The van der Waals surface area contributed by atoms with E-state index in [1.165, 1.54) is 0 Å². The van der Waals surface area contributed by atoms with Gasteiger partial charge in [0, 0.05) is 24.5 Å². The van der Waals surface area contributed by atoms with Gasteiger partial charge >= 0.3 is 11.9 Å². The minimum atomic E-state index is -0.735. The van der Waals surface area contributed by atoms with E-state index in [1.807, 2.05) is 36.4 Å². The first kappa shape index (κ1) is 26.6. The second-order valence-corrected chi connectivity index (χ2v) is 11.1. The van der Waals surface area contributed by atoms with E-state index in [1.54, 1.807) is 0 Å². The van der Waals surface area contributed by atoms with Crippen molar-refractivity contribution in [3.63, 3.8) is 0 Å². The monoisotopic (exact) mass is 536 g/mol. The minimum Gasteiger partial charge on any atom is -0.481 e. The van der Waals surface area contributed by atoms with E-state index in [0.717, 1.165) is 74.6 Å². The van der Waals surface area contributed by atoms with Crippen molar-refractivity contribution in [3.8, 4) is 0 Å². The molecule has 2 aromatic rings. The number of hydrogen-bond acceptors (Lipinski definition) is 5. The van der Waals surface area contributed by atoms with Gasteiger partial charge in [-0.25, -0.2) is 0 Å². The topological polar surface area (TPSA) is 105 Å². The maximum absolute atomic E-state index is 12.0. The highest BCUT2D eigenvalue weighted by atomic mass is 32.1. The van der Waals surface area contributed by atoms with Crippen LogP contribution in [0.25, 0.3) is 0 Å². The predicted molar refractivity (Wildman–Crippen MR) is 152 cm³/mol. The summed E-state index contributed by atoms with van der Waals surface area (Å²) in [7, 11) is 0. The molecular weight excluding hydrogens is 500 g/mol. The molecule has 5 rings (SSSR count). The Morgan fingerprint density at radius 2 is 1.26 bits per heavy atom. The van der Waals surface area contributed by atoms with E-state index in [4.69, 9.17) is 12.2 Å². The largest absolute Gasteiger partial charge is 0.481 e. The fourth-order valence-electron chi connectivity index (χ4n) is 6.18. The highest BCUT2D eigenvalue weighted by Gasteiger charge is 2.33. The number of anilines is 2. The first-order valence-corrected chi connectivity index (χ1v) is 14.0. The average Bonchev–Trinajstić information content (AvgIpc) is 3.69. The quantitative estimate of drug-likeness (QED) is 0.341. The molecule has 4 N–H and O–H groups in total. The molecule has 38 heavy (non-hydrogen) atoms. The van der Waals surface area contributed by atoms with Crippen molar-refractivity contribution in [2.24, 2.45) is 23.7 Å². The minimum absolute atomic E-state index is 0.150. The van der Waals surface area contributed by atoms with Crippen molar-refractivity contribution >= 4 is 40.6 Å². The summed E-state index contributed by atoms with van der Waals surface area (Å²) >= 11 is 5.89. The molecule has 0 unspecified atom stereocenters. The van der Waals surface area contributed by atoms with Gasteiger partial charge in [0.2, 0.25) is 0 Å². The molecule has 9 heteroatoms. The maximum Gasteiger partial charge on any atom is 0.307 e. The molecule has 0 amide bonds. The van der Waals surface area contributed by atoms with Gasteiger partial charge in [-0.1, -0.05) is 24.3 Å². The number of thiocarbonyl (C=S) groups is 1. The molecule has 0 aromatic heterocycles. The van der Waals surface area contributed by atoms with Crippen LogP contribution in [-0.2, 0) is 22.4 Å². The molecule has 0 aliphatic carbocycles. The first-order chi connectivity index (χ1) is 18.4. The van der Waals surface area contributed by atoms with Crippen LogP contribution in [0.2, 0.25) is 0 Å². The van der Waals surface area contributed by atoms with Gasteiger partial charge in [0.1, 0.15) is 0 Å². The summed E-state index contributed by atoms with van der Waals surface area (Å²) < 4.78 is 0. The number of benzene rings is 2. The van der Waals surface area contributed by atoms with Crippen molar-refractivity contribution in [1.82, 2.24) is 10.6 Å². The number of nitrogens with zero attached hydrogens (tertiary/aromatic N) is 2. The van der Waals surface area contributed by atoms with Crippen LogP contribution in [0.15, 0.2) is 48.5 Å². The molecule has 3 aliphatic heterocycles. The number of carboxylic acids is 2. The number of carbonyl (C=O) groups is 2. The Bertz CT molecular complexity index is 1090. The van der Waals surface area contributed by atoms with Gasteiger partial charge in [0.15, 0.2) is 5.11 Å². The molecule has 202 valence electrons. The zero-order valence-electron chi connectivity index (χ0n) is 21.5. The Morgan fingerprint density at radius 1 is 0.816 bits per heavy atom. The van der Waals surface area contributed by atoms with Gasteiger partial charge in [-0.2, -0.15) is 0 Å². The molecule has 3 fully saturated rings. The molecule has 0 radical (unpaired) electrons. The van der Waals surface area contributed by atoms with E-state index >= 15 is 0 Å². The molecule has 0 saturated carbocycles. The Hall–Kier alpha value is -3.01. The third-order valence-electron chi connectivity index (χ3n) is 8.33. The van der Waals surface area contributed by atoms with E-state index in [2.05, 4.69) is 32.6 Å². The van der Waals surface area contributed by atoms with Crippen LogP contribution in [0.5, 0.6) is 0 Å². The van der Waals surface area contributed by atoms with Crippen LogP contribution in [0, 0.1) is 23.7 Å². The zero-order valence-corrected chi connectivity index (χ0v) is 22.3. The van der Waals surface area contributed by atoms with Crippen LogP contribution >= 0.6 is 12.2 Å². The highest BCUT2D eigenvalue weighted by molar-refractivity contribution is 7.80. The van der Waals surface area contributed by atoms with Crippen LogP contribution in [0.1, 0.15) is 24.0 Å². The van der Waals surface area contributed by atoms with Crippen LogP contribution < -0.4 is 20.4 Å². The molecule has 0 spiro atoms. The molecule has 8 nitrogen and oxygen atoms in total.